The monoisotopic (exact) mass is 179 g/mol. The number of benzene rings is 1. The van der Waals surface area contributed by atoms with Gasteiger partial charge in [0.05, 0.1) is 5.69 Å². The molecule has 3 heteroatoms. The molecule has 0 amide bonds. The van der Waals surface area contributed by atoms with Crippen LogP contribution in [0.2, 0.25) is 0 Å². The maximum absolute atomic E-state index is 12.7. The van der Waals surface area contributed by atoms with E-state index in [-0.39, 0.29) is 5.82 Å². The van der Waals surface area contributed by atoms with Crippen LogP contribution < -0.4 is 0 Å². The van der Waals surface area contributed by atoms with Gasteiger partial charge in [-0.2, -0.15) is 4.37 Å². The molecule has 0 N–H and O–H groups in total. The molecule has 0 atom stereocenters. The fourth-order valence-electron chi connectivity index (χ4n) is 1.01. The lowest BCUT2D eigenvalue weighted by atomic mass is 10.1. The minimum absolute atomic E-state index is 0.222. The molecular weight excluding hydrogens is 173 g/mol. The fraction of sp³-hybridized carbons (Fsp3) is 0. The van der Waals surface area contributed by atoms with Crippen LogP contribution in [0, 0.1) is 5.82 Å². The third-order valence-electron chi connectivity index (χ3n) is 1.56. The Balaban J connectivity index is 2.48. The van der Waals surface area contributed by atoms with Crippen molar-refractivity contribution < 1.29 is 4.39 Å². The topological polar surface area (TPSA) is 12.9 Å². The molecule has 0 aliphatic heterocycles. The molecule has 0 spiro atoms. The van der Waals surface area contributed by atoms with Crippen molar-refractivity contribution in [2.45, 2.75) is 0 Å². The number of hydrogen-bond acceptors (Lipinski definition) is 2. The molecule has 0 saturated heterocycles. The van der Waals surface area contributed by atoms with Crippen LogP contribution in [-0.4, -0.2) is 4.37 Å². The lowest BCUT2D eigenvalue weighted by Crippen LogP contribution is -1.77. The molecule has 12 heavy (non-hydrogen) atoms. The Kier molecular flexibility index (Phi) is 1.87. The van der Waals surface area contributed by atoms with Crippen molar-refractivity contribution in [3.05, 3.63) is 41.5 Å². The zero-order valence-electron chi connectivity index (χ0n) is 6.20. The average molecular weight is 179 g/mol. The van der Waals surface area contributed by atoms with E-state index >= 15 is 0 Å². The molecule has 1 heterocycles. The number of rotatable bonds is 1. The van der Waals surface area contributed by atoms with Gasteiger partial charge in [0.1, 0.15) is 5.82 Å². The van der Waals surface area contributed by atoms with Crippen LogP contribution in [-0.2, 0) is 0 Å². The molecule has 1 aromatic carbocycles. The molecule has 0 radical (unpaired) electrons. The van der Waals surface area contributed by atoms with Crippen molar-refractivity contribution in [2.24, 2.45) is 0 Å². The standard InChI is InChI=1S/C9H6FNS/c10-8-3-1-2-7(6-8)9-4-5-12-11-9/h1-6H. The van der Waals surface area contributed by atoms with E-state index in [1.165, 1.54) is 23.7 Å². The second kappa shape index (κ2) is 3.03. The van der Waals surface area contributed by atoms with Crippen molar-refractivity contribution in [3.63, 3.8) is 0 Å². The highest BCUT2D eigenvalue weighted by molar-refractivity contribution is 7.03. The van der Waals surface area contributed by atoms with Crippen LogP contribution in [0.1, 0.15) is 0 Å². The van der Waals surface area contributed by atoms with Gasteiger partial charge in [-0.25, -0.2) is 4.39 Å². The van der Waals surface area contributed by atoms with E-state index in [9.17, 15) is 4.39 Å². The van der Waals surface area contributed by atoms with Crippen molar-refractivity contribution in [1.82, 2.24) is 4.37 Å². The van der Waals surface area contributed by atoms with Crippen molar-refractivity contribution in [1.29, 1.82) is 0 Å². The van der Waals surface area contributed by atoms with Crippen LogP contribution in [0.4, 0.5) is 4.39 Å². The summed E-state index contributed by atoms with van der Waals surface area (Å²) in [6, 6.07) is 8.31. The van der Waals surface area contributed by atoms with Gasteiger partial charge in [-0.15, -0.1) is 0 Å². The molecule has 2 aromatic rings. The molecule has 2 rings (SSSR count). The van der Waals surface area contributed by atoms with Crippen LogP contribution in [0.15, 0.2) is 35.7 Å². The minimum atomic E-state index is -0.222. The third-order valence-corrected chi connectivity index (χ3v) is 2.12. The molecule has 0 fully saturated rings. The summed E-state index contributed by atoms with van der Waals surface area (Å²) in [5.41, 5.74) is 1.66. The van der Waals surface area contributed by atoms with Crippen molar-refractivity contribution in [3.8, 4) is 11.3 Å². The summed E-state index contributed by atoms with van der Waals surface area (Å²) in [6.45, 7) is 0. The van der Waals surface area contributed by atoms with Crippen molar-refractivity contribution in [2.75, 3.05) is 0 Å². The Hall–Kier alpha value is -1.22. The average Bonchev–Trinajstić information content (AvgIpc) is 2.56. The predicted octanol–water partition coefficient (Wildman–Crippen LogP) is 2.95. The Bertz CT molecular complexity index is 370. The van der Waals surface area contributed by atoms with Gasteiger partial charge < -0.3 is 0 Å². The van der Waals surface area contributed by atoms with E-state index < -0.39 is 0 Å². The van der Waals surface area contributed by atoms with Crippen LogP contribution in [0.5, 0.6) is 0 Å². The van der Waals surface area contributed by atoms with Crippen LogP contribution in [0.3, 0.4) is 0 Å². The normalized spacial score (nSPS) is 10.1. The highest BCUT2D eigenvalue weighted by Crippen LogP contribution is 2.18. The first kappa shape index (κ1) is 7.43. The van der Waals surface area contributed by atoms with Gasteiger partial charge in [0, 0.05) is 10.9 Å². The summed E-state index contributed by atoms with van der Waals surface area (Å²) >= 11 is 1.37. The summed E-state index contributed by atoms with van der Waals surface area (Å²) in [7, 11) is 0. The van der Waals surface area contributed by atoms with Gasteiger partial charge in [0.2, 0.25) is 0 Å². The first-order chi connectivity index (χ1) is 5.86. The molecule has 1 aromatic heterocycles. The van der Waals surface area contributed by atoms with E-state index in [4.69, 9.17) is 0 Å². The lowest BCUT2D eigenvalue weighted by Gasteiger charge is -1.94. The Labute approximate surface area is 73.7 Å². The molecule has 0 aliphatic carbocycles. The Morgan fingerprint density at radius 2 is 2.17 bits per heavy atom. The van der Waals surface area contributed by atoms with Crippen LogP contribution in [0.25, 0.3) is 11.3 Å². The maximum Gasteiger partial charge on any atom is 0.123 e. The summed E-state index contributed by atoms with van der Waals surface area (Å²) < 4.78 is 16.8. The minimum Gasteiger partial charge on any atom is -0.207 e. The Morgan fingerprint density at radius 1 is 1.25 bits per heavy atom. The van der Waals surface area contributed by atoms with E-state index in [2.05, 4.69) is 4.37 Å². The summed E-state index contributed by atoms with van der Waals surface area (Å²) in [5, 5.41) is 1.88. The highest BCUT2D eigenvalue weighted by Gasteiger charge is 1.99. The van der Waals surface area contributed by atoms with Crippen molar-refractivity contribution >= 4 is 11.5 Å². The maximum atomic E-state index is 12.7. The van der Waals surface area contributed by atoms with Gasteiger partial charge in [-0.05, 0) is 29.7 Å². The number of aromatic nitrogens is 1. The first-order valence-electron chi connectivity index (χ1n) is 3.52. The highest BCUT2D eigenvalue weighted by atomic mass is 32.1. The largest absolute Gasteiger partial charge is 0.207 e. The second-order valence-electron chi connectivity index (χ2n) is 2.40. The summed E-state index contributed by atoms with van der Waals surface area (Å²) in [6.07, 6.45) is 0. The summed E-state index contributed by atoms with van der Waals surface area (Å²) in [5.74, 6) is -0.222. The van der Waals surface area contributed by atoms with E-state index in [1.807, 2.05) is 17.5 Å². The lowest BCUT2D eigenvalue weighted by molar-refractivity contribution is 0.628. The quantitative estimate of drug-likeness (QED) is 0.655. The zero-order chi connectivity index (χ0) is 8.39. The molecular formula is C9H6FNS. The molecule has 60 valence electrons. The third kappa shape index (κ3) is 1.36. The molecule has 0 unspecified atom stereocenters. The zero-order valence-corrected chi connectivity index (χ0v) is 7.01. The van der Waals surface area contributed by atoms with Crippen LogP contribution >= 0.6 is 11.5 Å². The predicted molar refractivity (Wildman–Crippen MR) is 47.5 cm³/mol. The van der Waals surface area contributed by atoms with Gasteiger partial charge in [0.25, 0.3) is 0 Å². The van der Waals surface area contributed by atoms with E-state index in [0.29, 0.717) is 0 Å². The van der Waals surface area contributed by atoms with E-state index in [1.54, 1.807) is 6.07 Å². The van der Waals surface area contributed by atoms with Gasteiger partial charge in [-0.3, -0.25) is 0 Å². The first-order valence-corrected chi connectivity index (χ1v) is 4.36. The SMILES string of the molecule is Fc1cccc(-c2ccsn2)c1. The number of halogens is 1. The van der Waals surface area contributed by atoms with Gasteiger partial charge in [-0.1, -0.05) is 12.1 Å². The molecule has 0 aliphatic rings. The van der Waals surface area contributed by atoms with E-state index in [0.717, 1.165) is 11.3 Å². The molecule has 0 saturated carbocycles. The number of nitrogens with zero attached hydrogens (tertiary/aromatic N) is 1. The fourth-order valence-corrected chi connectivity index (χ4v) is 1.54. The molecule has 1 nitrogen and oxygen atoms in total. The smallest absolute Gasteiger partial charge is 0.123 e. The molecule has 0 bridgehead atoms. The summed E-state index contributed by atoms with van der Waals surface area (Å²) in [4.78, 5) is 0. The Morgan fingerprint density at radius 3 is 2.83 bits per heavy atom. The van der Waals surface area contributed by atoms with Gasteiger partial charge >= 0.3 is 0 Å². The second-order valence-corrected chi connectivity index (χ2v) is 3.06. The number of hydrogen-bond donors (Lipinski definition) is 0. The van der Waals surface area contributed by atoms with Gasteiger partial charge in [0.15, 0.2) is 0 Å².